The smallest absolute Gasteiger partial charge is 0.227 e. The van der Waals surface area contributed by atoms with Crippen molar-refractivity contribution in [1.29, 1.82) is 0 Å². The second-order valence-electron chi connectivity index (χ2n) is 7.78. The number of nitrogens with zero attached hydrogens (tertiary/aromatic N) is 6. The third kappa shape index (κ3) is 4.38. The molecule has 0 unspecified atom stereocenters. The number of nitrogens with one attached hydrogen (secondary N) is 1. The number of benzene rings is 1. The fourth-order valence-electron chi connectivity index (χ4n) is 3.88. The summed E-state index contributed by atoms with van der Waals surface area (Å²) in [6.45, 7) is 3.53. The summed E-state index contributed by atoms with van der Waals surface area (Å²) in [4.78, 5) is 19.6. The summed E-state index contributed by atoms with van der Waals surface area (Å²) in [6, 6.07) is 13.6. The molecule has 1 amide bonds. The van der Waals surface area contributed by atoms with Gasteiger partial charge in [0.1, 0.15) is 0 Å². The number of hydrogen-bond donors (Lipinski definition) is 1. The van der Waals surface area contributed by atoms with E-state index in [1.807, 2.05) is 61.0 Å². The van der Waals surface area contributed by atoms with Gasteiger partial charge in [0.25, 0.3) is 0 Å². The predicted molar refractivity (Wildman–Crippen MR) is 125 cm³/mol. The number of carbonyl (C=O) groups excluding carboxylic acids is 1. The Balaban J connectivity index is 1.18. The Hall–Kier alpha value is -3.59. The fourth-order valence-corrected chi connectivity index (χ4v) is 4.50. The summed E-state index contributed by atoms with van der Waals surface area (Å²) in [5, 5.41) is 18.9. The SMILES string of the molecule is Cc1nc(-c2cccc(NC(=O)C3CCN(c4ccc(-n5cccn5)nn4)CC3)c2)cs1. The van der Waals surface area contributed by atoms with Crippen LogP contribution in [-0.4, -0.2) is 44.0 Å². The van der Waals surface area contributed by atoms with Gasteiger partial charge in [-0.1, -0.05) is 12.1 Å². The molecule has 3 aromatic heterocycles. The quantitative estimate of drug-likeness (QED) is 0.500. The van der Waals surface area contributed by atoms with Crippen LogP contribution in [0.2, 0.25) is 0 Å². The van der Waals surface area contributed by atoms with Gasteiger partial charge in [-0.15, -0.1) is 21.5 Å². The summed E-state index contributed by atoms with van der Waals surface area (Å²) in [7, 11) is 0. The predicted octanol–water partition coefficient (Wildman–Crippen LogP) is 3.95. The summed E-state index contributed by atoms with van der Waals surface area (Å²) in [5.74, 6) is 1.55. The molecular formula is C23H23N7OS. The van der Waals surface area contributed by atoms with E-state index in [9.17, 15) is 4.79 Å². The van der Waals surface area contributed by atoms with Crippen LogP contribution < -0.4 is 10.2 Å². The number of anilines is 2. The molecule has 8 nitrogen and oxygen atoms in total. The summed E-state index contributed by atoms with van der Waals surface area (Å²) >= 11 is 1.62. The zero-order valence-electron chi connectivity index (χ0n) is 17.7. The summed E-state index contributed by atoms with van der Waals surface area (Å²) in [6.07, 6.45) is 5.10. The number of aryl methyl sites for hydroxylation is 1. The number of rotatable bonds is 5. The van der Waals surface area contributed by atoms with Crippen molar-refractivity contribution in [1.82, 2.24) is 25.0 Å². The van der Waals surface area contributed by atoms with Crippen molar-refractivity contribution >= 4 is 28.7 Å². The topological polar surface area (TPSA) is 88.8 Å². The molecule has 4 aromatic rings. The maximum atomic E-state index is 12.9. The average Bonchev–Trinajstić information content (AvgIpc) is 3.52. The lowest BCUT2D eigenvalue weighted by Crippen LogP contribution is -2.38. The minimum atomic E-state index is -0.0206. The van der Waals surface area contributed by atoms with Gasteiger partial charge in [-0.05, 0) is 50.1 Å². The Morgan fingerprint density at radius 3 is 2.59 bits per heavy atom. The molecule has 0 bridgehead atoms. The van der Waals surface area contributed by atoms with Crippen LogP contribution in [-0.2, 0) is 4.79 Å². The zero-order chi connectivity index (χ0) is 21.9. The molecule has 1 fully saturated rings. The average molecular weight is 446 g/mol. The molecule has 0 saturated carbocycles. The number of hydrogen-bond acceptors (Lipinski definition) is 7. The lowest BCUT2D eigenvalue weighted by atomic mass is 9.95. The van der Waals surface area contributed by atoms with E-state index in [2.05, 4.69) is 30.5 Å². The molecule has 9 heteroatoms. The van der Waals surface area contributed by atoms with Crippen molar-refractivity contribution in [3.05, 3.63) is 65.2 Å². The van der Waals surface area contributed by atoms with E-state index in [1.165, 1.54) is 0 Å². The summed E-state index contributed by atoms with van der Waals surface area (Å²) < 4.78 is 1.68. The Kier molecular flexibility index (Phi) is 5.64. The number of thiazole rings is 1. The van der Waals surface area contributed by atoms with Crippen LogP contribution in [0.15, 0.2) is 60.2 Å². The molecule has 1 N–H and O–H groups in total. The van der Waals surface area contributed by atoms with Gasteiger partial charge in [0.15, 0.2) is 11.6 Å². The fraction of sp³-hybridized carbons (Fsp3) is 0.261. The molecule has 1 aromatic carbocycles. The van der Waals surface area contributed by atoms with Gasteiger partial charge in [-0.25, -0.2) is 9.67 Å². The number of carbonyl (C=O) groups is 1. The van der Waals surface area contributed by atoms with E-state index in [4.69, 9.17) is 0 Å². The Bertz CT molecular complexity index is 1200. The highest BCUT2D eigenvalue weighted by Crippen LogP contribution is 2.26. The molecule has 162 valence electrons. The highest BCUT2D eigenvalue weighted by Gasteiger charge is 2.26. The maximum absolute atomic E-state index is 12.9. The molecule has 1 aliphatic rings. The monoisotopic (exact) mass is 445 g/mol. The molecule has 5 rings (SSSR count). The Morgan fingerprint density at radius 2 is 1.91 bits per heavy atom. The summed E-state index contributed by atoms with van der Waals surface area (Å²) in [5.41, 5.74) is 2.76. The van der Waals surface area contributed by atoms with Gasteiger partial charge in [0, 0.05) is 48.0 Å². The first kappa shape index (κ1) is 20.3. The van der Waals surface area contributed by atoms with Gasteiger partial charge in [-0.2, -0.15) is 5.10 Å². The van der Waals surface area contributed by atoms with Crippen LogP contribution in [0.25, 0.3) is 17.1 Å². The van der Waals surface area contributed by atoms with E-state index >= 15 is 0 Å². The Morgan fingerprint density at radius 1 is 1.09 bits per heavy atom. The second-order valence-corrected chi connectivity index (χ2v) is 8.85. The number of aromatic nitrogens is 5. The van der Waals surface area contributed by atoms with Gasteiger partial charge >= 0.3 is 0 Å². The second kappa shape index (κ2) is 8.88. The number of amides is 1. The van der Waals surface area contributed by atoms with Gasteiger partial charge < -0.3 is 10.2 Å². The molecule has 32 heavy (non-hydrogen) atoms. The molecular weight excluding hydrogens is 422 g/mol. The first-order valence-electron chi connectivity index (χ1n) is 10.6. The van der Waals surface area contributed by atoms with E-state index in [-0.39, 0.29) is 11.8 Å². The first-order chi connectivity index (χ1) is 15.7. The normalized spacial score (nSPS) is 14.5. The molecule has 0 atom stereocenters. The Labute approximate surface area is 189 Å². The largest absolute Gasteiger partial charge is 0.355 e. The van der Waals surface area contributed by atoms with E-state index in [0.717, 1.165) is 53.7 Å². The lowest BCUT2D eigenvalue weighted by Gasteiger charge is -2.31. The number of piperidine rings is 1. The van der Waals surface area contributed by atoms with Gasteiger partial charge in [-0.3, -0.25) is 4.79 Å². The van der Waals surface area contributed by atoms with Crippen molar-refractivity contribution in [2.24, 2.45) is 5.92 Å². The minimum Gasteiger partial charge on any atom is -0.355 e. The molecule has 0 radical (unpaired) electrons. The third-order valence-corrected chi connectivity index (χ3v) is 6.38. The van der Waals surface area contributed by atoms with Crippen LogP contribution in [0.5, 0.6) is 0 Å². The van der Waals surface area contributed by atoms with Crippen LogP contribution in [0.3, 0.4) is 0 Å². The van der Waals surface area contributed by atoms with Crippen LogP contribution in [0.4, 0.5) is 11.5 Å². The van der Waals surface area contributed by atoms with Crippen molar-refractivity contribution in [2.45, 2.75) is 19.8 Å². The van der Waals surface area contributed by atoms with E-state index < -0.39 is 0 Å². The van der Waals surface area contributed by atoms with Crippen LogP contribution >= 0.6 is 11.3 Å². The van der Waals surface area contributed by atoms with Crippen LogP contribution in [0.1, 0.15) is 17.8 Å². The van der Waals surface area contributed by atoms with E-state index in [0.29, 0.717) is 5.82 Å². The van der Waals surface area contributed by atoms with E-state index in [1.54, 1.807) is 22.2 Å². The van der Waals surface area contributed by atoms with Crippen molar-refractivity contribution in [2.75, 3.05) is 23.3 Å². The van der Waals surface area contributed by atoms with Crippen molar-refractivity contribution in [3.8, 4) is 17.1 Å². The molecule has 4 heterocycles. The zero-order valence-corrected chi connectivity index (χ0v) is 18.5. The maximum Gasteiger partial charge on any atom is 0.227 e. The standard InChI is InChI=1S/C23H23N7OS/c1-16-25-20(15-32-16)18-4-2-5-19(14-18)26-23(31)17-8-12-29(13-9-17)21-6-7-22(28-27-21)30-11-3-10-24-30/h2-7,10-11,14-15,17H,8-9,12-13H2,1H3,(H,26,31). The highest BCUT2D eigenvalue weighted by atomic mass is 32.1. The van der Waals surface area contributed by atoms with Crippen LogP contribution in [0, 0.1) is 12.8 Å². The molecule has 0 aliphatic carbocycles. The molecule has 1 aliphatic heterocycles. The van der Waals surface area contributed by atoms with Gasteiger partial charge in [0.2, 0.25) is 5.91 Å². The van der Waals surface area contributed by atoms with Crippen molar-refractivity contribution < 1.29 is 4.79 Å². The molecule has 1 saturated heterocycles. The third-order valence-electron chi connectivity index (χ3n) is 5.61. The molecule has 0 spiro atoms. The minimum absolute atomic E-state index is 0.0206. The highest BCUT2D eigenvalue weighted by molar-refractivity contribution is 7.09. The first-order valence-corrected chi connectivity index (χ1v) is 11.5. The van der Waals surface area contributed by atoms with Crippen molar-refractivity contribution in [3.63, 3.8) is 0 Å². The van der Waals surface area contributed by atoms with Gasteiger partial charge in [0.05, 0.1) is 10.7 Å². The lowest BCUT2D eigenvalue weighted by molar-refractivity contribution is -0.120.